The molecule has 0 heterocycles. The van der Waals surface area contributed by atoms with Gasteiger partial charge in [-0.3, -0.25) is 5.43 Å². The Hall–Kier alpha value is -2.29. The molecule has 0 saturated heterocycles. The van der Waals surface area contributed by atoms with Crippen LogP contribution < -0.4 is 5.43 Å². The maximum Gasteiger partial charge on any atom is 0.0613 e. The summed E-state index contributed by atoms with van der Waals surface area (Å²) in [6.45, 7) is 0. The highest BCUT2D eigenvalue weighted by Crippen LogP contribution is 2.25. The lowest BCUT2D eigenvalue weighted by Gasteiger charge is -2.03. The van der Waals surface area contributed by atoms with Crippen LogP contribution in [0.25, 0.3) is 11.1 Å². The van der Waals surface area contributed by atoms with Gasteiger partial charge in [0.15, 0.2) is 0 Å². The van der Waals surface area contributed by atoms with Gasteiger partial charge in [-0.15, -0.1) is 0 Å². The summed E-state index contributed by atoms with van der Waals surface area (Å²) in [7, 11) is 0. The van der Waals surface area contributed by atoms with E-state index in [0.29, 0.717) is 10.0 Å². The number of rotatable bonds is 4. The number of hydrazone groups is 1. The van der Waals surface area contributed by atoms with Crippen LogP contribution in [0.2, 0.25) is 10.0 Å². The van der Waals surface area contributed by atoms with Crippen molar-refractivity contribution in [2.45, 2.75) is 0 Å². The summed E-state index contributed by atoms with van der Waals surface area (Å²) >= 11 is 11.8. The molecule has 114 valence electrons. The molecule has 0 unspecified atom stereocenters. The third-order valence-corrected chi connectivity index (χ3v) is 4.08. The van der Waals surface area contributed by atoms with Gasteiger partial charge in [-0.05, 0) is 34.9 Å². The summed E-state index contributed by atoms with van der Waals surface area (Å²) < 4.78 is 0. The van der Waals surface area contributed by atoms with E-state index >= 15 is 0 Å². The van der Waals surface area contributed by atoms with Gasteiger partial charge in [0, 0.05) is 0 Å². The highest BCUT2D eigenvalue weighted by atomic mass is 35.5. The molecule has 4 heteroatoms. The first kappa shape index (κ1) is 15.6. The minimum Gasteiger partial charge on any atom is -0.278 e. The zero-order chi connectivity index (χ0) is 16.1. The second kappa shape index (κ2) is 7.32. The Bertz CT molecular complexity index is 813. The lowest BCUT2D eigenvalue weighted by molar-refractivity contribution is 1.35. The van der Waals surface area contributed by atoms with Gasteiger partial charge in [0.1, 0.15) is 0 Å². The van der Waals surface area contributed by atoms with Gasteiger partial charge >= 0.3 is 0 Å². The van der Waals surface area contributed by atoms with Crippen molar-refractivity contribution < 1.29 is 0 Å². The molecule has 3 aromatic carbocycles. The zero-order valence-electron chi connectivity index (χ0n) is 12.2. The molecule has 0 aromatic heterocycles. The Morgan fingerprint density at radius 3 is 2.13 bits per heavy atom. The maximum atomic E-state index is 5.96. The Balaban J connectivity index is 1.67. The first-order valence-electron chi connectivity index (χ1n) is 7.12. The number of nitrogens with zero attached hydrogens (tertiary/aromatic N) is 1. The van der Waals surface area contributed by atoms with E-state index < -0.39 is 0 Å². The minimum absolute atomic E-state index is 0.499. The minimum atomic E-state index is 0.499. The van der Waals surface area contributed by atoms with E-state index in [1.54, 1.807) is 18.3 Å². The van der Waals surface area contributed by atoms with Crippen LogP contribution in [0.4, 0.5) is 5.69 Å². The first-order chi connectivity index (χ1) is 11.2. The van der Waals surface area contributed by atoms with Crippen LogP contribution in [0, 0.1) is 0 Å². The average molecular weight is 341 g/mol. The Labute approximate surface area is 145 Å². The molecule has 0 aliphatic heterocycles. The fourth-order valence-electron chi connectivity index (χ4n) is 2.14. The average Bonchev–Trinajstić information content (AvgIpc) is 2.59. The number of anilines is 1. The number of benzene rings is 3. The van der Waals surface area contributed by atoms with Crippen LogP contribution in [0.15, 0.2) is 77.9 Å². The lowest BCUT2D eigenvalue weighted by atomic mass is 10.0. The SMILES string of the molecule is Clc1ccc(N/N=C\c2ccc(-c3ccccc3)cc2)cc1Cl. The van der Waals surface area contributed by atoms with E-state index in [9.17, 15) is 0 Å². The highest BCUT2D eigenvalue weighted by Gasteiger charge is 1.98. The normalized spacial score (nSPS) is 10.9. The molecule has 0 fully saturated rings. The third-order valence-electron chi connectivity index (χ3n) is 3.34. The molecular weight excluding hydrogens is 327 g/mol. The zero-order valence-corrected chi connectivity index (χ0v) is 13.7. The van der Waals surface area contributed by atoms with Gasteiger partial charge in [0.2, 0.25) is 0 Å². The van der Waals surface area contributed by atoms with E-state index in [4.69, 9.17) is 23.2 Å². The fraction of sp³-hybridized carbons (Fsp3) is 0. The summed E-state index contributed by atoms with van der Waals surface area (Å²) in [5.41, 5.74) is 7.11. The molecule has 2 nitrogen and oxygen atoms in total. The molecule has 3 aromatic rings. The van der Waals surface area contributed by atoms with Crippen molar-refractivity contribution in [3.63, 3.8) is 0 Å². The number of hydrogen-bond acceptors (Lipinski definition) is 2. The number of halogens is 2. The summed E-state index contributed by atoms with van der Waals surface area (Å²) in [6, 6.07) is 23.8. The van der Waals surface area contributed by atoms with E-state index in [1.807, 2.05) is 36.4 Å². The van der Waals surface area contributed by atoms with E-state index in [-0.39, 0.29) is 0 Å². The van der Waals surface area contributed by atoms with Gasteiger partial charge in [0.25, 0.3) is 0 Å². The quantitative estimate of drug-likeness (QED) is 0.449. The predicted octanol–water partition coefficient (Wildman–Crippen LogP) is 6.11. The van der Waals surface area contributed by atoms with Crippen molar-refractivity contribution in [2.24, 2.45) is 5.10 Å². The summed E-state index contributed by atoms with van der Waals surface area (Å²) in [5, 5.41) is 5.23. The molecule has 0 spiro atoms. The molecule has 1 N–H and O–H groups in total. The highest BCUT2D eigenvalue weighted by molar-refractivity contribution is 6.42. The summed E-state index contributed by atoms with van der Waals surface area (Å²) in [6.07, 6.45) is 1.76. The largest absolute Gasteiger partial charge is 0.278 e. The monoisotopic (exact) mass is 340 g/mol. The Kier molecular flexibility index (Phi) is 4.96. The molecule has 0 radical (unpaired) electrons. The molecular formula is C19H14Cl2N2. The van der Waals surface area contributed by atoms with E-state index in [1.165, 1.54) is 11.1 Å². The topological polar surface area (TPSA) is 24.4 Å². The number of nitrogens with one attached hydrogen (secondary N) is 1. The van der Waals surface area contributed by atoms with Crippen LogP contribution in [-0.4, -0.2) is 6.21 Å². The molecule has 0 amide bonds. The van der Waals surface area contributed by atoms with Crippen molar-refractivity contribution in [1.29, 1.82) is 0 Å². The van der Waals surface area contributed by atoms with Crippen LogP contribution in [0.5, 0.6) is 0 Å². The second-order valence-corrected chi connectivity index (χ2v) is 5.80. The van der Waals surface area contributed by atoms with Crippen molar-refractivity contribution in [1.82, 2.24) is 0 Å². The van der Waals surface area contributed by atoms with Crippen LogP contribution >= 0.6 is 23.2 Å². The first-order valence-corrected chi connectivity index (χ1v) is 7.87. The third kappa shape index (κ3) is 4.13. The van der Waals surface area contributed by atoms with Crippen molar-refractivity contribution in [3.8, 4) is 11.1 Å². The Morgan fingerprint density at radius 2 is 1.43 bits per heavy atom. The second-order valence-electron chi connectivity index (χ2n) is 4.99. The summed E-state index contributed by atoms with van der Waals surface area (Å²) in [4.78, 5) is 0. The fourth-order valence-corrected chi connectivity index (χ4v) is 2.44. The smallest absolute Gasteiger partial charge is 0.0613 e. The van der Waals surface area contributed by atoms with Crippen molar-refractivity contribution in [2.75, 3.05) is 5.43 Å². The van der Waals surface area contributed by atoms with Gasteiger partial charge in [-0.25, -0.2) is 0 Å². The van der Waals surface area contributed by atoms with E-state index in [2.05, 4.69) is 34.8 Å². The van der Waals surface area contributed by atoms with Gasteiger partial charge in [-0.2, -0.15) is 5.10 Å². The molecule has 0 atom stereocenters. The number of hydrogen-bond donors (Lipinski definition) is 1. The van der Waals surface area contributed by atoms with Crippen LogP contribution in [0.1, 0.15) is 5.56 Å². The molecule has 3 rings (SSSR count). The molecule has 0 saturated carbocycles. The lowest BCUT2D eigenvalue weighted by Crippen LogP contribution is -1.90. The van der Waals surface area contributed by atoms with Gasteiger partial charge < -0.3 is 0 Å². The van der Waals surface area contributed by atoms with Gasteiger partial charge in [0.05, 0.1) is 21.9 Å². The molecule has 23 heavy (non-hydrogen) atoms. The van der Waals surface area contributed by atoms with Crippen molar-refractivity contribution in [3.05, 3.63) is 88.4 Å². The molecule has 0 aliphatic rings. The van der Waals surface area contributed by atoms with Crippen LogP contribution in [0.3, 0.4) is 0 Å². The Morgan fingerprint density at radius 1 is 0.739 bits per heavy atom. The van der Waals surface area contributed by atoms with Crippen LogP contribution in [-0.2, 0) is 0 Å². The van der Waals surface area contributed by atoms with Crippen molar-refractivity contribution >= 4 is 35.1 Å². The summed E-state index contributed by atoms with van der Waals surface area (Å²) in [5.74, 6) is 0. The maximum absolute atomic E-state index is 5.96. The predicted molar refractivity (Wildman–Crippen MR) is 99.6 cm³/mol. The molecule has 0 bridgehead atoms. The molecule has 0 aliphatic carbocycles. The van der Waals surface area contributed by atoms with E-state index in [0.717, 1.165) is 11.3 Å². The standard InChI is InChI=1S/C19H14Cl2N2/c20-18-11-10-17(12-19(18)21)23-22-13-14-6-8-16(9-7-14)15-4-2-1-3-5-15/h1-13,23H/b22-13-. The van der Waals surface area contributed by atoms with Gasteiger partial charge in [-0.1, -0.05) is 77.8 Å².